The second-order valence-electron chi connectivity index (χ2n) is 5.72. The Morgan fingerprint density at radius 3 is 2.61 bits per heavy atom. The van der Waals surface area contributed by atoms with Crippen LogP contribution in [0.3, 0.4) is 0 Å². The highest BCUT2D eigenvalue weighted by Gasteiger charge is 2.28. The number of aromatic nitrogens is 1. The van der Waals surface area contributed by atoms with Crippen molar-refractivity contribution in [1.29, 1.82) is 0 Å². The summed E-state index contributed by atoms with van der Waals surface area (Å²) in [5.74, 6) is -0.286. The summed E-state index contributed by atoms with van der Waals surface area (Å²) in [6.07, 6.45) is 4.57. The van der Waals surface area contributed by atoms with Crippen molar-refractivity contribution < 1.29 is 4.79 Å². The van der Waals surface area contributed by atoms with Crippen LogP contribution < -0.4 is 16.8 Å². The van der Waals surface area contributed by atoms with Gasteiger partial charge in [0.25, 0.3) is 5.91 Å². The SMILES string of the molecule is CC1(C)CCC(Nc2snc(N)c2C(N)=O)CC1. The van der Waals surface area contributed by atoms with Gasteiger partial charge in [-0.1, -0.05) is 13.8 Å². The summed E-state index contributed by atoms with van der Waals surface area (Å²) in [6.45, 7) is 4.59. The third-order valence-corrected chi connectivity index (χ3v) is 4.43. The lowest BCUT2D eigenvalue weighted by Gasteiger charge is -2.34. The topological polar surface area (TPSA) is 94.0 Å². The Morgan fingerprint density at radius 2 is 2.06 bits per heavy atom. The first kappa shape index (κ1) is 13.1. The Balaban J connectivity index is 2.05. The van der Waals surface area contributed by atoms with Gasteiger partial charge in [0, 0.05) is 6.04 Å². The van der Waals surface area contributed by atoms with Gasteiger partial charge in [-0.15, -0.1) is 0 Å². The van der Waals surface area contributed by atoms with Crippen molar-refractivity contribution in [3.05, 3.63) is 5.56 Å². The van der Waals surface area contributed by atoms with Crippen molar-refractivity contribution in [3.8, 4) is 0 Å². The minimum absolute atomic E-state index is 0.228. The number of carbonyl (C=O) groups is 1. The standard InChI is InChI=1S/C12H20N4OS/c1-12(2)5-3-7(4-6-12)15-11-8(10(14)17)9(13)16-18-11/h7,15H,3-6H2,1-2H3,(H2,13,16)(H2,14,17). The lowest BCUT2D eigenvalue weighted by molar-refractivity contribution is 0.100. The first-order valence-corrected chi connectivity index (χ1v) is 6.98. The highest BCUT2D eigenvalue weighted by molar-refractivity contribution is 7.11. The van der Waals surface area contributed by atoms with E-state index in [2.05, 4.69) is 23.5 Å². The van der Waals surface area contributed by atoms with Gasteiger partial charge >= 0.3 is 0 Å². The number of nitrogen functional groups attached to an aromatic ring is 1. The quantitative estimate of drug-likeness (QED) is 0.783. The van der Waals surface area contributed by atoms with Crippen LogP contribution in [0, 0.1) is 5.41 Å². The van der Waals surface area contributed by atoms with Gasteiger partial charge < -0.3 is 16.8 Å². The number of nitrogens with zero attached hydrogens (tertiary/aromatic N) is 1. The van der Waals surface area contributed by atoms with Gasteiger partial charge in [-0.05, 0) is 42.6 Å². The molecule has 0 aromatic carbocycles. The first-order valence-electron chi connectivity index (χ1n) is 6.20. The summed E-state index contributed by atoms with van der Waals surface area (Å²) in [6, 6.07) is 0.385. The Morgan fingerprint density at radius 1 is 1.44 bits per heavy atom. The molecule has 1 aliphatic rings. The molecule has 1 heterocycles. The van der Waals surface area contributed by atoms with Crippen LogP contribution in [0.1, 0.15) is 49.9 Å². The van der Waals surface area contributed by atoms with Gasteiger partial charge in [-0.2, -0.15) is 4.37 Å². The van der Waals surface area contributed by atoms with Gasteiger partial charge in [0.2, 0.25) is 0 Å². The molecule has 1 aliphatic carbocycles. The lowest BCUT2D eigenvalue weighted by atomic mass is 9.75. The zero-order valence-electron chi connectivity index (χ0n) is 10.8. The molecule has 0 spiro atoms. The van der Waals surface area contributed by atoms with E-state index in [9.17, 15) is 4.79 Å². The fraction of sp³-hybridized carbons (Fsp3) is 0.667. The average Bonchev–Trinajstić information content (AvgIpc) is 2.63. The summed E-state index contributed by atoms with van der Waals surface area (Å²) in [4.78, 5) is 11.3. The molecule has 1 aromatic rings. The molecular formula is C12H20N4OS. The maximum atomic E-state index is 11.3. The first-order chi connectivity index (χ1) is 8.39. The molecule has 1 fully saturated rings. The molecule has 0 saturated heterocycles. The molecule has 5 nitrogen and oxygen atoms in total. The number of carbonyl (C=O) groups excluding carboxylic acids is 1. The zero-order chi connectivity index (χ0) is 13.3. The molecule has 0 atom stereocenters. The van der Waals surface area contributed by atoms with Crippen LogP contribution in [0.4, 0.5) is 10.8 Å². The van der Waals surface area contributed by atoms with E-state index in [-0.39, 0.29) is 5.82 Å². The third-order valence-electron chi connectivity index (χ3n) is 3.64. The molecule has 6 heteroatoms. The van der Waals surface area contributed by atoms with Gasteiger partial charge in [0.05, 0.1) is 0 Å². The molecule has 5 N–H and O–H groups in total. The van der Waals surface area contributed by atoms with Crippen molar-refractivity contribution in [2.24, 2.45) is 11.1 Å². The van der Waals surface area contributed by atoms with Crippen LogP contribution in [0.15, 0.2) is 0 Å². The fourth-order valence-electron chi connectivity index (χ4n) is 2.37. The molecule has 1 saturated carbocycles. The molecule has 0 radical (unpaired) electrons. The monoisotopic (exact) mass is 268 g/mol. The number of rotatable bonds is 3. The maximum absolute atomic E-state index is 11.3. The molecule has 1 amide bonds. The number of amides is 1. The van der Waals surface area contributed by atoms with E-state index in [0.717, 1.165) is 12.8 Å². The molecule has 0 aliphatic heterocycles. The van der Waals surface area contributed by atoms with Crippen molar-refractivity contribution in [2.75, 3.05) is 11.1 Å². The highest BCUT2D eigenvalue weighted by atomic mass is 32.1. The molecule has 18 heavy (non-hydrogen) atoms. The lowest BCUT2D eigenvalue weighted by Crippen LogP contribution is -2.30. The predicted octanol–water partition coefficient (Wildman–Crippen LogP) is 2.20. The minimum Gasteiger partial charge on any atom is -0.382 e. The molecule has 0 unspecified atom stereocenters. The van der Waals surface area contributed by atoms with Crippen LogP contribution in [-0.2, 0) is 0 Å². The van der Waals surface area contributed by atoms with Crippen molar-refractivity contribution in [3.63, 3.8) is 0 Å². The molecular weight excluding hydrogens is 248 g/mol. The van der Waals surface area contributed by atoms with Gasteiger partial charge in [-0.3, -0.25) is 4.79 Å². The van der Waals surface area contributed by atoms with Gasteiger partial charge in [0.15, 0.2) is 5.82 Å². The molecule has 100 valence electrons. The second kappa shape index (κ2) is 4.76. The van der Waals surface area contributed by atoms with Crippen LogP contribution in [0.5, 0.6) is 0 Å². The van der Waals surface area contributed by atoms with Crippen LogP contribution in [-0.4, -0.2) is 16.3 Å². The smallest absolute Gasteiger partial charge is 0.255 e. The minimum atomic E-state index is -0.514. The van der Waals surface area contributed by atoms with Gasteiger partial charge in [-0.25, -0.2) is 0 Å². The fourth-order valence-corrected chi connectivity index (χ4v) is 3.16. The number of nitrogens with two attached hydrogens (primary N) is 2. The number of nitrogens with one attached hydrogen (secondary N) is 1. The second-order valence-corrected chi connectivity index (χ2v) is 6.49. The van der Waals surface area contributed by atoms with Crippen molar-refractivity contribution in [2.45, 2.75) is 45.6 Å². The molecule has 1 aromatic heterocycles. The summed E-state index contributed by atoms with van der Waals surface area (Å²) in [5, 5.41) is 4.08. The third kappa shape index (κ3) is 2.75. The number of anilines is 2. The van der Waals surface area contributed by atoms with Gasteiger partial charge in [0.1, 0.15) is 10.6 Å². The highest BCUT2D eigenvalue weighted by Crippen LogP contribution is 2.37. The van der Waals surface area contributed by atoms with E-state index >= 15 is 0 Å². The van der Waals surface area contributed by atoms with E-state index in [4.69, 9.17) is 11.5 Å². The Hall–Kier alpha value is -1.30. The Kier molecular flexibility index (Phi) is 3.47. The Bertz CT molecular complexity index is 445. The maximum Gasteiger partial charge on any atom is 0.255 e. The summed E-state index contributed by atoms with van der Waals surface area (Å²) in [7, 11) is 0. The predicted molar refractivity (Wildman–Crippen MR) is 74.7 cm³/mol. The van der Waals surface area contributed by atoms with Crippen LogP contribution in [0.25, 0.3) is 0 Å². The van der Waals surface area contributed by atoms with Crippen molar-refractivity contribution >= 4 is 28.3 Å². The number of hydrogen-bond acceptors (Lipinski definition) is 5. The van der Waals surface area contributed by atoms with E-state index in [1.165, 1.54) is 24.4 Å². The van der Waals surface area contributed by atoms with Crippen LogP contribution >= 0.6 is 11.5 Å². The Labute approximate surface area is 111 Å². The number of hydrogen-bond donors (Lipinski definition) is 3. The summed E-state index contributed by atoms with van der Waals surface area (Å²) < 4.78 is 3.99. The van der Waals surface area contributed by atoms with E-state index in [0.29, 0.717) is 22.0 Å². The summed E-state index contributed by atoms with van der Waals surface area (Å²) in [5.41, 5.74) is 11.7. The molecule has 0 bridgehead atoms. The van der Waals surface area contributed by atoms with Crippen LogP contribution in [0.2, 0.25) is 0 Å². The average molecular weight is 268 g/mol. The van der Waals surface area contributed by atoms with E-state index < -0.39 is 5.91 Å². The largest absolute Gasteiger partial charge is 0.382 e. The summed E-state index contributed by atoms with van der Waals surface area (Å²) >= 11 is 1.21. The normalized spacial score (nSPS) is 19.7. The van der Waals surface area contributed by atoms with E-state index in [1.54, 1.807) is 0 Å². The van der Waals surface area contributed by atoms with Crippen molar-refractivity contribution in [1.82, 2.24) is 4.37 Å². The zero-order valence-corrected chi connectivity index (χ0v) is 11.6. The van der Waals surface area contributed by atoms with E-state index in [1.807, 2.05) is 0 Å². The molecule has 2 rings (SSSR count). The number of primary amides is 1.